The largest absolute Gasteiger partial charge is 0.330 e. The average Bonchev–Trinajstić information content (AvgIpc) is 2.30. The molecule has 0 saturated carbocycles. The van der Waals surface area contributed by atoms with Crippen molar-refractivity contribution in [1.82, 2.24) is 10.3 Å². The molecule has 1 aromatic heterocycles. The second-order valence-electron chi connectivity index (χ2n) is 4.97. The van der Waals surface area contributed by atoms with Gasteiger partial charge in [-0.15, -0.1) is 0 Å². The molecule has 4 heteroatoms. The lowest BCUT2D eigenvalue weighted by molar-refractivity contribution is -0.123. The number of carbonyl (C=O) groups is 1. The fourth-order valence-electron chi connectivity index (χ4n) is 2.07. The van der Waals surface area contributed by atoms with E-state index in [1.807, 2.05) is 13.8 Å². The van der Waals surface area contributed by atoms with Crippen LogP contribution >= 0.6 is 0 Å². The Morgan fingerprint density at radius 2 is 2.28 bits per heavy atom. The van der Waals surface area contributed by atoms with Crippen LogP contribution in [0.2, 0.25) is 0 Å². The quantitative estimate of drug-likeness (QED) is 0.874. The van der Waals surface area contributed by atoms with Crippen LogP contribution in [0.5, 0.6) is 0 Å². The topological polar surface area (TPSA) is 42.0 Å². The predicted octanol–water partition coefficient (Wildman–Crippen LogP) is 2.85. The van der Waals surface area contributed by atoms with Gasteiger partial charge in [0.2, 0.25) is 5.91 Å². The van der Waals surface area contributed by atoms with Crippen molar-refractivity contribution < 1.29 is 9.18 Å². The van der Waals surface area contributed by atoms with E-state index < -0.39 is 11.7 Å². The number of pyridine rings is 1. The number of piperidine rings is 1. The second kappa shape index (κ2) is 4.88. The molecule has 0 spiro atoms. The van der Waals surface area contributed by atoms with Crippen LogP contribution in [0.25, 0.3) is 0 Å². The Morgan fingerprint density at radius 1 is 1.56 bits per heavy atom. The smallest absolute Gasteiger partial charge is 0.233 e. The Labute approximate surface area is 106 Å². The van der Waals surface area contributed by atoms with E-state index in [2.05, 4.69) is 16.9 Å². The first-order valence-electron chi connectivity index (χ1n) is 6.13. The Balaban J connectivity index is 2.28. The third kappa shape index (κ3) is 2.42. The van der Waals surface area contributed by atoms with Gasteiger partial charge < -0.3 is 5.32 Å². The second-order valence-corrected chi connectivity index (χ2v) is 4.97. The molecule has 0 bridgehead atoms. The summed E-state index contributed by atoms with van der Waals surface area (Å²) in [6.45, 7) is 7.67. The van der Waals surface area contributed by atoms with E-state index in [1.54, 1.807) is 6.20 Å². The van der Waals surface area contributed by atoms with Gasteiger partial charge >= 0.3 is 0 Å². The van der Waals surface area contributed by atoms with Gasteiger partial charge in [-0.25, -0.2) is 4.39 Å². The first kappa shape index (κ1) is 12.7. The standard InChI is InChI=1S/C14H17FN2O/c1-8(2)10-6-12(15)13(16-7-10)11-5-4-9(3)17-14(11)18/h6-8,11H,3-5H2,1-2H3,(H,17,18)/t11-/m1/s1. The van der Waals surface area contributed by atoms with E-state index in [9.17, 15) is 9.18 Å². The Kier molecular flexibility index (Phi) is 3.45. The minimum absolute atomic E-state index is 0.213. The van der Waals surface area contributed by atoms with Crippen molar-refractivity contribution in [3.8, 4) is 0 Å². The monoisotopic (exact) mass is 248 g/mol. The van der Waals surface area contributed by atoms with Gasteiger partial charge in [0.05, 0.1) is 11.6 Å². The van der Waals surface area contributed by atoms with Crippen LogP contribution in [0.4, 0.5) is 4.39 Å². The molecule has 1 aromatic rings. The Bertz CT molecular complexity index is 497. The summed E-state index contributed by atoms with van der Waals surface area (Å²) in [5, 5.41) is 2.65. The van der Waals surface area contributed by atoms with Crippen LogP contribution in [0, 0.1) is 5.82 Å². The minimum atomic E-state index is -0.503. The number of amides is 1. The number of aromatic nitrogens is 1. The van der Waals surface area contributed by atoms with Crippen molar-refractivity contribution in [2.24, 2.45) is 0 Å². The van der Waals surface area contributed by atoms with E-state index in [4.69, 9.17) is 0 Å². The van der Waals surface area contributed by atoms with Gasteiger partial charge in [0.25, 0.3) is 0 Å². The highest BCUT2D eigenvalue weighted by Crippen LogP contribution is 2.28. The van der Waals surface area contributed by atoms with Gasteiger partial charge in [-0.05, 0) is 30.4 Å². The highest BCUT2D eigenvalue weighted by Gasteiger charge is 2.29. The highest BCUT2D eigenvalue weighted by atomic mass is 19.1. The zero-order valence-electron chi connectivity index (χ0n) is 10.7. The highest BCUT2D eigenvalue weighted by molar-refractivity contribution is 5.85. The molecule has 0 aromatic carbocycles. The van der Waals surface area contributed by atoms with Crippen molar-refractivity contribution in [3.63, 3.8) is 0 Å². The zero-order chi connectivity index (χ0) is 13.3. The van der Waals surface area contributed by atoms with E-state index in [1.165, 1.54) is 6.07 Å². The van der Waals surface area contributed by atoms with Gasteiger partial charge in [0.15, 0.2) is 0 Å². The molecule has 2 rings (SSSR count). The predicted molar refractivity (Wildman–Crippen MR) is 67.5 cm³/mol. The molecule has 3 nitrogen and oxygen atoms in total. The zero-order valence-corrected chi connectivity index (χ0v) is 10.7. The lowest BCUT2D eigenvalue weighted by Crippen LogP contribution is -2.34. The summed E-state index contributed by atoms with van der Waals surface area (Å²) in [6, 6.07) is 1.48. The van der Waals surface area contributed by atoms with Gasteiger partial charge in [0.1, 0.15) is 5.82 Å². The molecule has 18 heavy (non-hydrogen) atoms. The van der Waals surface area contributed by atoms with E-state index in [-0.39, 0.29) is 17.5 Å². The lowest BCUT2D eigenvalue weighted by atomic mass is 9.92. The van der Waals surface area contributed by atoms with Crippen molar-refractivity contribution in [3.05, 3.63) is 41.6 Å². The van der Waals surface area contributed by atoms with Gasteiger partial charge in [-0.1, -0.05) is 20.4 Å². The van der Waals surface area contributed by atoms with Crippen molar-refractivity contribution >= 4 is 5.91 Å². The SMILES string of the molecule is C=C1CC[C@H](c2ncc(C(C)C)cc2F)C(=O)N1. The van der Waals surface area contributed by atoms with E-state index in [0.29, 0.717) is 18.5 Å². The molecular weight excluding hydrogens is 231 g/mol. The molecule has 1 saturated heterocycles. The fraction of sp³-hybridized carbons (Fsp3) is 0.429. The summed E-state index contributed by atoms with van der Waals surface area (Å²) >= 11 is 0. The number of hydrogen-bond donors (Lipinski definition) is 1. The van der Waals surface area contributed by atoms with Gasteiger partial charge in [-0.3, -0.25) is 9.78 Å². The van der Waals surface area contributed by atoms with Crippen LogP contribution < -0.4 is 5.32 Å². The van der Waals surface area contributed by atoms with Crippen molar-refractivity contribution in [2.45, 2.75) is 38.5 Å². The molecule has 1 atom stereocenters. The third-order valence-corrected chi connectivity index (χ3v) is 3.24. The molecule has 0 aliphatic carbocycles. The molecule has 2 heterocycles. The van der Waals surface area contributed by atoms with Gasteiger partial charge in [0, 0.05) is 11.9 Å². The maximum absolute atomic E-state index is 14.0. The van der Waals surface area contributed by atoms with Crippen molar-refractivity contribution in [2.75, 3.05) is 0 Å². The third-order valence-electron chi connectivity index (χ3n) is 3.24. The molecule has 0 unspecified atom stereocenters. The van der Waals surface area contributed by atoms with Crippen molar-refractivity contribution in [1.29, 1.82) is 0 Å². The summed E-state index contributed by atoms with van der Waals surface area (Å²) in [5.74, 6) is -0.887. The number of allylic oxidation sites excluding steroid dienone is 1. The Morgan fingerprint density at radius 3 is 2.83 bits per heavy atom. The Hall–Kier alpha value is -1.71. The molecule has 1 amide bonds. The molecular formula is C14H17FN2O. The number of carbonyl (C=O) groups excluding carboxylic acids is 1. The molecule has 1 aliphatic rings. The van der Waals surface area contributed by atoms with E-state index >= 15 is 0 Å². The maximum Gasteiger partial charge on any atom is 0.233 e. The van der Waals surface area contributed by atoms with Crippen LogP contribution in [0.3, 0.4) is 0 Å². The van der Waals surface area contributed by atoms with Crippen LogP contribution in [0.1, 0.15) is 49.8 Å². The summed E-state index contributed by atoms with van der Waals surface area (Å²) in [5.41, 5.74) is 1.77. The summed E-state index contributed by atoms with van der Waals surface area (Å²) in [7, 11) is 0. The summed E-state index contributed by atoms with van der Waals surface area (Å²) in [6.07, 6.45) is 2.89. The molecule has 1 fully saturated rings. The number of nitrogens with one attached hydrogen (secondary N) is 1. The number of hydrogen-bond acceptors (Lipinski definition) is 2. The number of nitrogens with zero attached hydrogens (tertiary/aromatic N) is 1. The summed E-state index contributed by atoms with van der Waals surface area (Å²) in [4.78, 5) is 15.9. The lowest BCUT2D eigenvalue weighted by Gasteiger charge is -2.23. The van der Waals surface area contributed by atoms with Gasteiger partial charge in [-0.2, -0.15) is 0 Å². The molecule has 1 aliphatic heterocycles. The molecule has 0 radical (unpaired) electrons. The van der Waals surface area contributed by atoms with Crippen LogP contribution in [-0.2, 0) is 4.79 Å². The molecule has 96 valence electrons. The average molecular weight is 248 g/mol. The fourth-order valence-corrected chi connectivity index (χ4v) is 2.07. The summed E-state index contributed by atoms with van der Waals surface area (Å²) < 4.78 is 14.0. The first-order chi connectivity index (χ1) is 8.49. The normalized spacial score (nSPS) is 20.1. The maximum atomic E-state index is 14.0. The van der Waals surface area contributed by atoms with Crippen LogP contribution in [0.15, 0.2) is 24.5 Å². The first-order valence-corrected chi connectivity index (χ1v) is 6.13. The van der Waals surface area contributed by atoms with Crippen LogP contribution in [-0.4, -0.2) is 10.9 Å². The number of rotatable bonds is 2. The molecule has 1 N–H and O–H groups in total. The minimum Gasteiger partial charge on any atom is -0.330 e. The number of halogens is 1. The van der Waals surface area contributed by atoms with E-state index in [0.717, 1.165) is 5.56 Å².